The van der Waals surface area contributed by atoms with Gasteiger partial charge >= 0.3 is 12.1 Å². The van der Waals surface area contributed by atoms with Crippen LogP contribution in [0.15, 0.2) is 17.1 Å². The molecule has 3 saturated carbocycles. The predicted molar refractivity (Wildman–Crippen MR) is 170 cm³/mol. The number of amides is 1. The summed E-state index contributed by atoms with van der Waals surface area (Å²) in [6.07, 6.45) is -0.269. The van der Waals surface area contributed by atoms with Crippen LogP contribution in [0.4, 0.5) is 28.0 Å². The van der Waals surface area contributed by atoms with Crippen molar-refractivity contribution in [2.24, 2.45) is 17.6 Å². The fourth-order valence-corrected chi connectivity index (χ4v) is 8.09. The number of rotatable bonds is 5. The third-order valence-corrected chi connectivity index (χ3v) is 10.5. The Bertz CT molecular complexity index is 1680. The zero-order valence-corrected chi connectivity index (χ0v) is 27.5. The summed E-state index contributed by atoms with van der Waals surface area (Å²) in [7, 11) is 1.30. The van der Waals surface area contributed by atoms with Crippen LogP contribution in [-0.2, 0) is 4.74 Å². The van der Waals surface area contributed by atoms with E-state index in [0.717, 1.165) is 12.3 Å². The molecule has 0 radical (unpaired) electrons. The van der Waals surface area contributed by atoms with Gasteiger partial charge in [0.15, 0.2) is 11.6 Å². The summed E-state index contributed by atoms with van der Waals surface area (Å²) >= 11 is 0. The van der Waals surface area contributed by atoms with E-state index in [1.165, 1.54) is 11.7 Å². The van der Waals surface area contributed by atoms with Gasteiger partial charge in [-0.1, -0.05) is 0 Å². The lowest BCUT2D eigenvalue weighted by atomic mass is 9.90. The van der Waals surface area contributed by atoms with Gasteiger partial charge in [0.05, 0.1) is 29.6 Å². The number of carbonyl (C=O) groups excluding carboxylic acids is 1. The molecule has 11 nitrogen and oxygen atoms in total. The molecule has 0 spiro atoms. The molecule has 1 amide bonds. The minimum Gasteiger partial charge on any atom is -0.492 e. The Morgan fingerprint density at radius 3 is 2.40 bits per heavy atom. The average Bonchev–Trinajstić information content (AvgIpc) is 3.24. The number of carboxylic acids is 1. The van der Waals surface area contributed by atoms with Crippen LogP contribution >= 0.6 is 0 Å². The van der Waals surface area contributed by atoms with Crippen molar-refractivity contribution >= 4 is 28.7 Å². The van der Waals surface area contributed by atoms with Crippen molar-refractivity contribution in [2.45, 2.75) is 94.1 Å². The molecule has 5 N–H and O–H groups in total. The molecule has 0 unspecified atom stereocenters. The number of carboxylic acid groups (broad SMARTS) is 1. The maximum Gasteiger partial charge on any atom is 0.408 e. The second kappa shape index (κ2) is 12.1. The van der Waals surface area contributed by atoms with Crippen molar-refractivity contribution < 1.29 is 41.7 Å². The molecule has 7 rings (SSSR count). The van der Waals surface area contributed by atoms with Crippen molar-refractivity contribution in [2.75, 3.05) is 38.2 Å². The van der Waals surface area contributed by atoms with Crippen molar-refractivity contribution in [3.8, 4) is 5.75 Å². The van der Waals surface area contributed by atoms with Gasteiger partial charge in [0, 0.05) is 56.2 Å². The monoisotopic (exact) mass is 681 g/mol. The van der Waals surface area contributed by atoms with Crippen LogP contribution in [0.2, 0.25) is 0 Å². The van der Waals surface area contributed by atoms with Gasteiger partial charge in [-0.05, 0) is 52.5 Å². The number of hydrogen-bond acceptors (Lipinski definition) is 8. The number of nitrogens with zero attached hydrogens (tertiary/aromatic N) is 2. The fraction of sp³-hybridized carbons (Fsp3) is 0.667. The number of hydrogen-bond donors (Lipinski definition) is 4. The number of fused-ring (bicyclic) bond motifs is 3. The number of benzene rings is 1. The van der Waals surface area contributed by atoms with E-state index in [2.05, 4.69) is 10.6 Å². The second-order valence-electron chi connectivity index (χ2n) is 14.9. The average molecular weight is 682 g/mol. The number of anilines is 1. The number of ether oxygens (including phenoxy) is 2. The van der Waals surface area contributed by atoms with Crippen LogP contribution in [0.25, 0.3) is 10.9 Å². The summed E-state index contributed by atoms with van der Waals surface area (Å²) in [4.78, 5) is 37.7. The largest absolute Gasteiger partial charge is 0.492 e. The van der Waals surface area contributed by atoms with Gasteiger partial charge in [0.2, 0.25) is 5.43 Å². The van der Waals surface area contributed by atoms with E-state index in [1.54, 1.807) is 4.90 Å². The van der Waals surface area contributed by atoms with Crippen LogP contribution in [-0.4, -0.2) is 90.2 Å². The Kier molecular flexibility index (Phi) is 8.62. The highest BCUT2D eigenvalue weighted by Gasteiger charge is 2.54. The smallest absolute Gasteiger partial charge is 0.408 e. The molecular formula is C33H43F4N5O6. The maximum absolute atomic E-state index is 15.3. The molecule has 5 fully saturated rings. The Hall–Kier alpha value is -3.59. The third-order valence-electron chi connectivity index (χ3n) is 10.5. The van der Waals surface area contributed by atoms with E-state index >= 15 is 4.39 Å². The van der Waals surface area contributed by atoms with Gasteiger partial charge in [-0.15, -0.1) is 0 Å². The number of pyridine rings is 1. The Morgan fingerprint density at radius 1 is 1.12 bits per heavy atom. The van der Waals surface area contributed by atoms with Gasteiger partial charge in [-0.25, -0.2) is 27.2 Å². The van der Waals surface area contributed by atoms with Gasteiger partial charge in [0.1, 0.15) is 35.4 Å². The summed E-state index contributed by atoms with van der Waals surface area (Å²) in [6.45, 7) is 7.13. The molecule has 3 heterocycles. The minimum absolute atomic E-state index is 0.0119. The summed E-state index contributed by atoms with van der Waals surface area (Å²) in [5, 5.41) is 15.2. The Morgan fingerprint density at radius 2 is 1.79 bits per heavy atom. The highest BCUT2D eigenvalue weighted by atomic mass is 19.1. The van der Waals surface area contributed by atoms with E-state index in [9.17, 15) is 32.7 Å². The number of nitrogens with two attached hydrogens (primary N) is 1. The lowest BCUT2D eigenvalue weighted by molar-refractivity contribution is 0.0440. The zero-order chi connectivity index (χ0) is 34.9. The first-order valence-corrected chi connectivity index (χ1v) is 16.3. The van der Waals surface area contributed by atoms with Crippen LogP contribution in [0.5, 0.6) is 5.75 Å². The summed E-state index contributed by atoms with van der Waals surface area (Å²) < 4.78 is 69.4. The van der Waals surface area contributed by atoms with Crippen molar-refractivity contribution in [3.63, 3.8) is 0 Å². The van der Waals surface area contributed by atoms with Gasteiger partial charge in [-0.2, -0.15) is 0 Å². The van der Waals surface area contributed by atoms with Crippen LogP contribution < -0.4 is 31.4 Å². The number of nitrogens with one attached hydrogen (secondary N) is 2. The summed E-state index contributed by atoms with van der Waals surface area (Å²) in [5.74, 6) is -2.87. The lowest BCUT2D eigenvalue weighted by Gasteiger charge is -2.31. The molecule has 2 aromatic rings. The number of alkyl carbamates (subject to hydrolysis) is 1. The first-order chi connectivity index (χ1) is 22.5. The normalized spacial score (nSPS) is 33.6. The van der Waals surface area contributed by atoms with Crippen molar-refractivity contribution in [1.82, 2.24) is 15.2 Å². The molecule has 3 aliphatic carbocycles. The Balaban J connectivity index is 0.000000200. The molecule has 1 aromatic heterocycles. The lowest BCUT2D eigenvalue weighted by Crippen LogP contribution is -2.53. The predicted octanol–water partition coefficient (Wildman–Crippen LogP) is 4.00. The molecule has 1 aromatic carbocycles. The number of carbonyl (C=O) groups is 2. The van der Waals surface area contributed by atoms with Gasteiger partial charge < -0.3 is 40.4 Å². The molecule has 0 bridgehead atoms. The van der Waals surface area contributed by atoms with Crippen LogP contribution in [0.1, 0.15) is 69.3 Å². The van der Waals surface area contributed by atoms with Crippen LogP contribution in [0.3, 0.4) is 0 Å². The number of alkyl halides is 3. The number of aromatic nitrogens is 1. The molecule has 48 heavy (non-hydrogen) atoms. The van der Waals surface area contributed by atoms with E-state index in [1.807, 2.05) is 20.8 Å². The van der Waals surface area contributed by atoms with E-state index in [0.29, 0.717) is 38.8 Å². The number of aromatic carboxylic acids is 1. The molecule has 8 atom stereocenters. The second-order valence-corrected chi connectivity index (χ2v) is 14.9. The SMILES string of the molecule is CC(C)(C)OC(=O)N[C@@]12CC[C@H](F)[C@@H]1CNC2.COc1c(N2C[C@H]3[C@@H](F)CC[C@@]3(N)C2)c(F)cc2c(=O)c(C(=O)O)cn([C@@H]3C[C@@H]3F)c12. The van der Waals surface area contributed by atoms with Crippen LogP contribution in [0, 0.1) is 17.7 Å². The highest BCUT2D eigenvalue weighted by molar-refractivity contribution is 5.97. The quantitative estimate of drug-likeness (QED) is 0.344. The van der Waals surface area contributed by atoms with Gasteiger partial charge in [-0.3, -0.25) is 4.79 Å². The molecule has 264 valence electrons. The first kappa shape index (κ1) is 34.3. The minimum atomic E-state index is -1.48. The highest BCUT2D eigenvalue weighted by Crippen LogP contribution is 2.49. The molecular weight excluding hydrogens is 638 g/mol. The van der Waals surface area contributed by atoms with E-state index in [4.69, 9.17) is 15.2 Å². The van der Waals surface area contributed by atoms with Gasteiger partial charge in [0.25, 0.3) is 0 Å². The van der Waals surface area contributed by atoms with E-state index < -0.39 is 76.0 Å². The molecule has 5 aliphatic rings. The van der Waals surface area contributed by atoms with Crippen molar-refractivity contribution in [1.29, 1.82) is 0 Å². The number of halogens is 4. The summed E-state index contributed by atoms with van der Waals surface area (Å²) in [5.41, 5.74) is 3.35. The topological polar surface area (TPSA) is 148 Å². The molecule has 2 saturated heterocycles. The first-order valence-electron chi connectivity index (χ1n) is 16.3. The fourth-order valence-electron chi connectivity index (χ4n) is 8.09. The zero-order valence-electron chi connectivity index (χ0n) is 27.5. The standard InChI is InChI=1S/C21H22F3N3O4.C12H21FN2O2/c1-31-19-16-9(18(28)10(20(29)30)6-27(16)15-5-13(15)23)4-14(24)17(19)26-7-11-12(22)2-3-21(11,25)8-26;1-11(2,3)17-10(16)15-12-5-4-9(13)8(12)6-14-7-12/h4,6,11-13,15H,2-3,5,7-8,25H2,1H3,(H,29,30);8-9,14H,4-7H2,1-3H3,(H,15,16)/t11-,12-,13-,15+,21+;8-,9-,12+/m00/s1. The Labute approximate surface area is 275 Å². The third kappa shape index (κ3) is 5.97. The van der Waals surface area contributed by atoms with Crippen molar-refractivity contribution in [3.05, 3.63) is 33.9 Å². The molecule has 2 aliphatic heterocycles. The van der Waals surface area contributed by atoms with E-state index in [-0.39, 0.29) is 47.8 Å². The summed E-state index contributed by atoms with van der Waals surface area (Å²) in [6, 6.07) is 0.278. The number of methoxy groups -OCH3 is 1. The molecule has 15 heteroatoms. The maximum atomic E-state index is 15.3.